The van der Waals surface area contributed by atoms with Gasteiger partial charge in [0.15, 0.2) is 18.1 Å². The van der Waals surface area contributed by atoms with Gasteiger partial charge in [-0.2, -0.15) is 5.10 Å². The molecule has 0 spiro atoms. The Morgan fingerprint density at radius 3 is 2.59 bits per heavy atom. The van der Waals surface area contributed by atoms with E-state index in [2.05, 4.69) is 21.2 Å². The number of nitrogens with zero attached hydrogens (tertiary/aromatic N) is 1. The highest BCUT2D eigenvalue weighted by atomic mass is 127. The number of hydrogen-bond acceptors (Lipinski definition) is 6. The van der Waals surface area contributed by atoms with Crippen LogP contribution in [0.3, 0.4) is 0 Å². The van der Waals surface area contributed by atoms with E-state index >= 15 is 0 Å². The molecule has 9 nitrogen and oxygen atoms in total. The standard InChI is InChI=1S/C23H26ClIN4O5/c1-5-14(3)27-22(31)23(32)29-26-11-15-8-18(25)21(19(9-15)33-4)34-12-20(30)28-16-7-6-13(2)17(24)10-16/h6-11,14H,5,12H2,1-4H3,(H,27,31)(H,28,30)(H,29,32)/b26-11-/t14-/m1/s1. The van der Waals surface area contributed by atoms with Crippen LogP contribution in [0, 0.1) is 10.5 Å². The number of carbonyl (C=O) groups excluding carboxylic acids is 3. The zero-order valence-electron chi connectivity index (χ0n) is 19.2. The minimum Gasteiger partial charge on any atom is -0.493 e. The third kappa shape index (κ3) is 8.17. The molecule has 0 bridgehead atoms. The van der Waals surface area contributed by atoms with Crippen molar-refractivity contribution < 1.29 is 23.9 Å². The summed E-state index contributed by atoms with van der Waals surface area (Å²) >= 11 is 8.13. The van der Waals surface area contributed by atoms with E-state index in [-0.39, 0.29) is 18.6 Å². The van der Waals surface area contributed by atoms with Crippen LogP contribution in [0.15, 0.2) is 35.4 Å². The number of hydrazone groups is 1. The number of hydrogen-bond donors (Lipinski definition) is 3. The van der Waals surface area contributed by atoms with E-state index in [0.29, 0.717) is 37.8 Å². The molecule has 1 atom stereocenters. The summed E-state index contributed by atoms with van der Waals surface area (Å²) in [5.74, 6) is -1.22. The number of carbonyl (C=O) groups is 3. The highest BCUT2D eigenvalue weighted by molar-refractivity contribution is 14.1. The van der Waals surface area contributed by atoms with Gasteiger partial charge in [-0.05, 0) is 78.3 Å². The Balaban J connectivity index is 2.00. The molecule has 2 rings (SSSR count). The lowest BCUT2D eigenvalue weighted by molar-refractivity contribution is -0.139. The largest absolute Gasteiger partial charge is 0.493 e. The summed E-state index contributed by atoms with van der Waals surface area (Å²) in [5.41, 5.74) is 4.25. The second-order valence-electron chi connectivity index (χ2n) is 7.32. The first kappa shape index (κ1) is 27.4. The van der Waals surface area contributed by atoms with Gasteiger partial charge in [0.1, 0.15) is 0 Å². The molecule has 2 aromatic rings. The molecule has 3 N–H and O–H groups in total. The van der Waals surface area contributed by atoms with Crippen LogP contribution in [0.1, 0.15) is 31.4 Å². The molecule has 0 aliphatic heterocycles. The molecule has 0 saturated heterocycles. The van der Waals surface area contributed by atoms with E-state index in [4.69, 9.17) is 21.1 Å². The van der Waals surface area contributed by atoms with Crippen molar-refractivity contribution in [3.63, 3.8) is 0 Å². The van der Waals surface area contributed by atoms with Crippen LogP contribution in [-0.4, -0.2) is 43.7 Å². The van der Waals surface area contributed by atoms with Crippen LogP contribution < -0.4 is 25.5 Å². The molecule has 2 aromatic carbocycles. The van der Waals surface area contributed by atoms with Crippen molar-refractivity contribution in [3.8, 4) is 11.5 Å². The Bertz CT molecular complexity index is 1090. The molecule has 0 aliphatic carbocycles. The van der Waals surface area contributed by atoms with Crippen LogP contribution in [0.2, 0.25) is 5.02 Å². The van der Waals surface area contributed by atoms with Gasteiger partial charge in [-0.25, -0.2) is 5.43 Å². The van der Waals surface area contributed by atoms with Crippen molar-refractivity contribution in [2.45, 2.75) is 33.2 Å². The maximum atomic E-state index is 12.3. The average Bonchev–Trinajstić information content (AvgIpc) is 2.80. The number of methoxy groups -OCH3 is 1. The fourth-order valence-electron chi connectivity index (χ4n) is 2.57. The number of amides is 3. The van der Waals surface area contributed by atoms with Gasteiger partial charge in [-0.3, -0.25) is 14.4 Å². The summed E-state index contributed by atoms with van der Waals surface area (Å²) in [6.45, 7) is 5.33. The Labute approximate surface area is 216 Å². The molecule has 3 amide bonds. The van der Waals surface area contributed by atoms with E-state index in [1.807, 2.05) is 42.5 Å². The van der Waals surface area contributed by atoms with Gasteiger partial charge in [0, 0.05) is 16.8 Å². The Morgan fingerprint density at radius 1 is 1.21 bits per heavy atom. The average molecular weight is 601 g/mol. The van der Waals surface area contributed by atoms with Gasteiger partial charge in [-0.15, -0.1) is 0 Å². The summed E-state index contributed by atoms with van der Waals surface area (Å²) in [6, 6.07) is 8.47. The first-order chi connectivity index (χ1) is 16.1. The highest BCUT2D eigenvalue weighted by Crippen LogP contribution is 2.33. The van der Waals surface area contributed by atoms with Crippen LogP contribution in [0.4, 0.5) is 5.69 Å². The minimum atomic E-state index is -0.862. The number of halogens is 2. The SMILES string of the molecule is CC[C@@H](C)NC(=O)C(=O)N/N=C\c1cc(I)c(OCC(=O)Nc2ccc(C)c(Cl)c2)c(OC)c1. The first-order valence-electron chi connectivity index (χ1n) is 10.3. The quantitative estimate of drug-likeness (QED) is 0.176. The summed E-state index contributed by atoms with van der Waals surface area (Å²) < 4.78 is 11.7. The fourth-order valence-corrected chi connectivity index (χ4v) is 3.53. The molecule has 0 radical (unpaired) electrons. The Hall–Kier alpha value is -2.86. The van der Waals surface area contributed by atoms with E-state index < -0.39 is 11.8 Å². The molecule has 0 saturated carbocycles. The molecule has 11 heteroatoms. The third-order valence-corrected chi connectivity index (χ3v) is 5.84. The second-order valence-corrected chi connectivity index (χ2v) is 8.89. The third-order valence-electron chi connectivity index (χ3n) is 4.63. The number of anilines is 1. The van der Waals surface area contributed by atoms with Gasteiger partial charge in [0.2, 0.25) is 0 Å². The lowest BCUT2D eigenvalue weighted by Crippen LogP contribution is -2.41. The van der Waals surface area contributed by atoms with Crippen molar-refractivity contribution in [2.75, 3.05) is 19.0 Å². The number of rotatable bonds is 9. The minimum absolute atomic E-state index is 0.114. The zero-order chi connectivity index (χ0) is 25.3. The number of ether oxygens (including phenoxy) is 2. The number of nitrogens with one attached hydrogen (secondary N) is 3. The fraction of sp³-hybridized carbons (Fsp3) is 0.304. The van der Waals surface area contributed by atoms with Crippen molar-refractivity contribution >= 4 is 63.8 Å². The molecule has 182 valence electrons. The van der Waals surface area contributed by atoms with E-state index in [1.54, 1.807) is 31.2 Å². The first-order valence-corrected chi connectivity index (χ1v) is 11.8. The van der Waals surface area contributed by atoms with Crippen molar-refractivity contribution in [1.29, 1.82) is 0 Å². The number of benzene rings is 2. The molecule has 0 aliphatic rings. The molecule has 0 fully saturated rings. The lowest BCUT2D eigenvalue weighted by Gasteiger charge is -2.14. The predicted octanol–water partition coefficient (Wildman–Crippen LogP) is 3.64. The maximum absolute atomic E-state index is 12.3. The van der Waals surface area contributed by atoms with Crippen molar-refractivity contribution in [2.24, 2.45) is 5.10 Å². The molecule has 0 aromatic heterocycles. The van der Waals surface area contributed by atoms with Crippen LogP contribution in [0.5, 0.6) is 11.5 Å². The topological polar surface area (TPSA) is 118 Å². The van der Waals surface area contributed by atoms with Crippen LogP contribution >= 0.6 is 34.2 Å². The van der Waals surface area contributed by atoms with Gasteiger partial charge in [0.25, 0.3) is 5.91 Å². The van der Waals surface area contributed by atoms with Gasteiger partial charge in [-0.1, -0.05) is 24.6 Å². The molecule has 0 unspecified atom stereocenters. The van der Waals surface area contributed by atoms with Crippen molar-refractivity contribution in [1.82, 2.24) is 10.7 Å². The lowest BCUT2D eigenvalue weighted by atomic mass is 10.2. The van der Waals surface area contributed by atoms with E-state index in [9.17, 15) is 14.4 Å². The van der Waals surface area contributed by atoms with Gasteiger partial charge in [0.05, 0.1) is 16.9 Å². The predicted molar refractivity (Wildman–Crippen MR) is 140 cm³/mol. The van der Waals surface area contributed by atoms with Gasteiger partial charge >= 0.3 is 11.8 Å². The van der Waals surface area contributed by atoms with E-state index in [0.717, 1.165) is 5.56 Å². The smallest absolute Gasteiger partial charge is 0.329 e. The summed E-state index contributed by atoms with van der Waals surface area (Å²) in [5, 5.41) is 9.65. The van der Waals surface area contributed by atoms with Crippen LogP contribution in [0.25, 0.3) is 0 Å². The van der Waals surface area contributed by atoms with Crippen molar-refractivity contribution in [3.05, 3.63) is 50.1 Å². The molecular weight excluding hydrogens is 575 g/mol. The monoisotopic (exact) mass is 600 g/mol. The summed E-state index contributed by atoms with van der Waals surface area (Å²) in [4.78, 5) is 35.9. The summed E-state index contributed by atoms with van der Waals surface area (Å²) in [7, 11) is 1.47. The Kier molecular flexibility index (Phi) is 10.6. The molecule has 0 heterocycles. The number of aryl methyl sites for hydroxylation is 1. The molecule has 34 heavy (non-hydrogen) atoms. The van der Waals surface area contributed by atoms with Gasteiger partial charge < -0.3 is 20.1 Å². The molecular formula is C23H26ClIN4O5. The maximum Gasteiger partial charge on any atom is 0.329 e. The summed E-state index contributed by atoms with van der Waals surface area (Å²) in [6.07, 6.45) is 2.08. The Morgan fingerprint density at radius 2 is 1.94 bits per heavy atom. The highest BCUT2D eigenvalue weighted by Gasteiger charge is 2.15. The van der Waals surface area contributed by atoms with Crippen LogP contribution in [-0.2, 0) is 14.4 Å². The van der Waals surface area contributed by atoms with E-state index in [1.165, 1.54) is 13.3 Å². The normalized spacial score (nSPS) is 11.6. The zero-order valence-corrected chi connectivity index (χ0v) is 22.1. The second kappa shape index (κ2) is 13.1.